The third kappa shape index (κ3) is 4.76. The monoisotopic (exact) mass is 379 g/mol. The van der Waals surface area contributed by atoms with Crippen LogP contribution in [-0.4, -0.2) is 78.6 Å². The predicted molar refractivity (Wildman–Crippen MR) is 105 cm³/mol. The van der Waals surface area contributed by atoms with Gasteiger partial charge in [0.05, 0.1) is 6.54 Å². The number of rotatable bonds is 7. The van der Waals surface area contributed by atoms with Crippen molar-refractivity contribution in [2.45, 2.75) is 59.0 Å². The molecule has 3 rings (SSSR count). The van der Waals surface area contributed by atoms with E-state index in [1.54, 1.807) is 0 Å². The predicted octanol–water partition coefficient (Wildman–Crippen LogP) is 2.82. The van der Waals surface area contributed by atoms with E-state index in [0.29, 0.717) is 31.5 Å². The topological polar surface area (TPSA) is 53.1 Å². The van der Waals surface area contributed by atoms with Gasteiger partial charge in [-0.2, -0.15) is 0 Å². The Kier molecular flexibility index (Phi) is 5.76. The summed E-state index contributed by atoms with van der Waals surface area (Å²) in [5.74, 6) is 1.14. The molecule has 1 saturated carbocycles. The molecule has 6 heteroatoms. The van der Waals surface area contributed by atoms with E-state index in [4.69, 9.17) is 4.74 Å². The first-order valence-electron chi connectivity index (χ1n) is 10.6. The molecular formula is C21H37N3O3. The molecule has 27 heavy (non-hydrogen) atoms. The Morgan fingerprint density at radius 1 is 1.30 bits per heavy atom. The van der Waals surface area contributed by atoms with Gasteiger partial charge in [-0.15, -0.1) is 0 Å². The van der Waals surface area contributed by atoms with Crippen molar-refractivity contribution in [2.75, 3.05) is 46.3 Å². The lowest BCUT2D eigenvalue weighted by molar-refractivity contribution is -0.136. The summed E-state index contributed by atoms with van der Waals surface area (Å²) < 4.78 is 5.81. The van der Waals surface area contributed by atoms with E-state index >= 15 is 0 Å². The number of nitrogens with zero attached hydrogens (tertiary/aromatic N) is 3. The first-order valence-corrected chi connectivity index (χ1v) is 10.6. The van der Waals surface area contributed by atoms with E-state index in [1.165, 1.54) is 0 Å². The highest BCUT2D eigenvalue weighted by Gasteiger charge is 2.54. The largest absolute Gasteiger partial charge is 0.441 e. The third-order valence-corrected chi connectivity index (χ3v) is 6.48. The van der Waals surface area contributed by atoms with Crippen LogP contribution in [0.25, 0.3) is 0 Å². The molecular weight excluding hydrogens is 342 g/mol. The summed E-state index contributed by atoms with van der Waals surface area (Å²) in [6.45, 7) is 13.7. The highest BCUT2D eigenvalue weighted by molar-refractivity contribution is 5.82. The molecule has 0 aromatic heterocycles. The molecule has 3 aliphatic rings. The fourth-order valence-electron chi connectivity index (χ4n) is 4.61. The molecule has 1 aliphatic carbocycles. The molecule has 2 heterocycles. The molecule has 1 atom stereocenters. The Balaban J connectivity index is 1.43. The zero-order valence-electron chi connectivity index (χ0n) is 17.8. The standard InChI is InChI=1S/C21H37N3O3/c1-16(2)14-22(5)9-6-10-24-15-21(27-19(24)26)7-11-23(12-8-21)18(25)17-13-20(17,3)4/h16-17H,6-15H2,1-5H3/t17-/m1/s1. The summed E-state index contributed by atoms with van der Waals surface area (Å²) in [5.41, 5.74) is -0.206. The molecule has 154 valence electrons. The number of ether oxygens (including phenoxy) is 1. The van der Waals surface area contributed by atoms with Crippen LogP contribution in [0.3, 0.4) is 0 Å². The van der Waals surface area contributed by atoms with Crippen LogP contribution in [0.1, 0.15) is 53.4 Å². The molecule has 2 amide bonds. The number of piperidine rings is 1. The molecule has 0 aromatic rings. The van der Waals surface area contributed by atoms with E-state index in [0.717, 1.165) is 45.3 Å². The smallest absolute Gasteiger partial charge is 0.410 e. The van der Waals surface area contributed by atoms with Gasteiger partial charge in [-0.05, 0) is 37.8 Å². The summed E-state index contributed by atoms with van der Waals surface area (Å²) in [6.07, 6.45) is 3.32. The van der Waals surface area contributed by atoms with Gasteiger partial charge < -0.3 is 19.4 Å². The van der Waals surface area contributed by atoms with Crippen molar-refractivity contribution in [2.24, 2.45) is 17.3 Å². The van der Waals surface area contributed by atoms with E-state index in [2.05, 4.69) is 39.6 Å². The zero-order valence-corrected chi connectivity index (χ0v) is 17.8. The van der Waals surface area contributed by atoms with Crippen LogP contribution < -0.4 is 0 Å². The lowest BCUT2D eigenvalue weighted by Crippen LogP contribution is -2.49. The number of amides is 2. The summed E-state index contributed by atoms with van der Waals surface area (Å²) in [5, 5.41) is 0. The number of hydrogen-bond acceptors (Lipinski definition) is 4. The molecule has 0 unspecified atom stereocenters. The Labute approximate surface area is 164 Å². The second-order valence-corrected chi connectivity index (χ2v) is 10.1. The normalized spacial score (nSPS) is 26.2. The van der Waals surface area contributed by atoms with Crippen molar-refractivity contribution in [3.05, 3.63) is 0 Å². The van der Waals surface area contributed by atoms with Crippen molar-refractivity contribution < 1.29 is 14.3 Å². The SMILES string of the molecule is CC(C)CN(C)CCCN1CC2(CCN(C(=O)[C@H]3CC3(C)C)CC2)OC1=O. The molecule has 6 nitrogen and oxygen atoms in total. The lowest BCUT2D eigenvalue weighted by atomic mass is 9.91. The second-order valence-electron chi connectivity index (χ2n) is 10.1. The van der Waals surface area contributed by atoms with Crippen LogP contribution in [0, 0.1) is 17.3 Å². The van der Waals surface area contributed by atoms with E-state index < -0.39 is 0 Å². The molecule has 0 aromatic carbocycles. The number of carbonyl (C=O) groups excluding carboxylic acids is 2. The Morgan fingerprint density at radius 2 is 1.93 bits per heavy atom. The average Bonchev–Trinajstić information content (AvgIpc) is 3.10. The Morgan fingerprint density at radius 3 is 2.48 bits per heavy atom. The maximum Gasteiger partial charge on any atom is 0.410 e. The summed E-state index contributed by atoms with van der Waals surface area (Å²) in [7, 11) is 2.14. The molecule has 0 radical (unpaired) electrons. The number of hydrogen-bond donors (Lipinski definition) is 0. The Bertz CT molecular complexity index is 567. The van der Waals surface area contributed by atoms with Gasteiger partial charge in [0, 0.05) is 44.9 Å². The van der Waals surface area contributed by atoms with Crippen LogP contribution >= 0.6 is 0 Å². The fourth-order valence-corrected chi connectivity index (χ4v) is 4.61. The summed E-state index contributed by atoms with van der Waals surface area (Å²) >= 11 is 0. The van der Waals surface area contributed by atoms with E-state index in [9.17, 15) is 9.59 Å². The average molecular weight is 380 g/mol. The van der Waals surface area contributed by atoms with Crippen LogP contribution in [0.4, 0.5) is 4.79 Å². The highest BCUT2D eigenvalue weighted by Crippen LogP contribution is 2.52. The van der Waals surface area contributed by atoms with Crippen LogP contribution in [0.5, 0.6) is 0 Å². The van der Waals surface area contributed by atoms with Crippen LogP contribution in [0.15, 0.2) is 0 Å². The van der Waals surface area contributed by atoms with Gasteiger partial charge in [-0.25, -0.2) is 4.79 Å². The maximum absolute atomic E-state index is 12.6. The fraction of sp³-hybridized carbons (Fsp3) is 0.905. The molecule has 0 N–H and O–H groups in total. The first kappa shape index (κ1) is 20.4. The van der Waals surface area contributed by atoms with Crippen molar-refractivity contribution in [1.82, 2.24) is 14.7 Å². The molecule has 1 spiro atoms. The van der Waals surface area contributed by atoms with Gasteiger partial charge in [0.25, 0.3) is 0 Å². The van der Waals surface area contributed by atoms with Gasteiger partial charge in [0.1, 0.15) is 5.60 Å². The molecule has 3 fully saturated rings. The van der Waals surface area contributed by atoms with Gasteiger partial charge in [0.15, 0.2) is 0 Å². The van der Waals surface area contributed by atoms with Crippen molar-refractivity contribution in [3.63, 3.8) is 0 Å². The summed E-state index contributed by atoms with van der Waals surface area (Å²) in [4.78, 5) is 31.1. The Hall–Kier alpha value is -1.30. The van der Waals surface area contributed by atoms with E-state index in [1.807, 2.05) is 9.80 Å². The first-order chi connectivity index (χ1) is 12.6. The number of likely N-dealkylation sites (tertiary alicyclic amines) is 1. The molecule has 2 aliphatic heterocycles. The number of carbonyl (C=O) groups is 2. The zero-order chi connectivity index (χ0) is 19.8. The minimum Gasteiger partial charge on any atom is -0.441 e. The van der Waals surface area contributed by atoms with Gasteiger partial charge in [0.2, 0.25) is 5.91 Å². The minimum absolute atomic E-state index is 0.172. The van der Waals surface area contributed by atoms with Crippen molar-refractivity contribution in [1.29, 1.82) is 0 Å². The van der Waals surface area contributed by atoms with E-state index in [-0.39, 0.29) is 23.0 Å². The van der Waals surface area contributed by atoms with Crippen molar-refractivity contribution in [3.8, 4) is 0 Å². The van der Waals surface area contributed by atoms with Crippen molar-refractivity contribution >= 4 is 12.0 Å². The molecule has 0 bridgehead atoms. The van der Waals surface area contributed by atoms with Crippen LogP contribution in [0.2, 0.25) is 0 Å². The quantitative estimate of drug-likeness (QED) is 0.683. The highest BCUT2D eigenvalue weighted by atomic mass is 16.6. The van der Waals surface area contributed by atoms with Gasteiger partial charge in [-0.3, -0.25) is 4.79 Å². The minimum atomic E-state index is -0.378. The molecule has 2 saturated heterocycles. The van der Waals surface area contributed by atoms with Gasteiger partial charge in [-0.1, -0.05) is 27.7 Å². The second kappa shape index (κ2) is 7.61. The lowest BCUT2D eigenvalue weighted by Gasteiger charge is -2.37. The third-order valence-electron chi connectivity index (χ3n) is 6.48. The summed E-state index contributed by atoms with van der Waals surface area (Å²) in [6, 6.07) is 0. The van der Waals surface area contributed by atoms with Crippen LogP contribution in [-0.2, 0) is 9.53 Å². The maximum atomic E-state index is 12.6. The van der Waals surface area contributed by atoms with Gasteiger partial charge >= 0.3 is 6.09 Å².